The monoisotopic (exact) mass is 312 g/mol. The molecule has 5 heteroatoms. The van der Waals surface area contributed by atoms with E-state index in [9.17, 15) is 4.79 Å². The predicted octanol–water partition coefficient (Wildman–Crippen LogP) is 2.84. The summed E-state index contributed by atoms with van der Waals surface area (Å²) in [6.07, 6.45) is 0. The summed E-state index contributed by atoms with van der Waals surface area (Å²) in [6, 6.07) is 3.50. The first kappa shape index (κ1) is 13.4. The standard InChI is InChI=1S/C13H17BrN2O2/c1-13(2,3)18-10-6-9-7(5-8(10)14)11(15-4)12(17)16-9/h5-6,11,15H,1-4H3,(H,16,17). The fourth-order valence-electron chi connectivity index (χ4n) is 1.96. The second-order valence-corrected chi connectivity index (χ2v) is 6.15. The number of amides is 1. The molecule has 0 saturated heterocycles. The largest absolute Gasteiger partial charge is 0.487 e. The highest BCUT2D eigenvalue weighted by Gasteiger charge is 2.30. The van der Waals surface area contributed by atoms with Crippen molar-refractivity contribution in [3.8, 4) is 5.75 Å². The Bertz CT molecular complexity index is 494. The van der Waals surface area contributed by atoms with Gasteiger partial charge < -0.3 is 15.4 Å². The van der Waals surface area contributed by atoms with Gasteiger partial charge in [-0.05, 0) is 49.8 Å². The molecule has 1 heterocycles. The molecule has 1 aromatic carbocycles. The SMILES string of the molecule is CNC1C(=O)Nc2cc(OC(C)(C)C)c(Br)cc21. The average Bonchev–Trinajstić information content (AvgIpc) is 2.51. The van der Waals surface area contributed by atoms with E-state index in [0.29, 0.717) is 0 Å². The molecule has 2 N–H and O–H groups in total. The van der Waals surface area contributed by atoms with Crippen LogP contribution in [-0.4, -0.2) is 18.6 Å². The molecule has 18 heavy (non-hydrogen) atoms. The van der Waals surface area contributed by atoms with Crippen LogP contribution in [0.3, 0.4) is 0 Å². The van der Waals surface area contributed by atoms with Crippen LogP contribution in [0.15, 0.2) is 16.6 Å². The second kappa shape index (κ2) is 4.55. The van der Waals surface area contributed by atoms with E-state index in [0.717, 1.165) is 21.5 Å². The van der Waals surface area contributed by atoms with Crippen LogP contribution in [0.4, 0.5) is 5.69 Å². The molecule has 2 rings (SSSR count). The number of hydrogen-bond acceptors (Lipinski definition) is 3. The number of benzene rings is 1. The van der Waals surface area contributed by atoms with Crippen molar-refractivity contribution < 1.29 is 9.53 Å². The first-order valence-electron chi connectivity index (χ1n) is 5.82. The van der Waals surface area contributed by atoms with Crippen LogP contribution < -0.4 is 15.4 Å². The van der Waals surface area contributed by atoms with E-state index in [1.54, 1.807) is 7.05 Å². The number of hydrogen-bond donors (Lipinski definition) is 2. The topological polar surface area (TPSA) is 50.4 Å². The third-order valence-corrected chi connectivity index (χ3v) is 3.26. The maximum absolute atomic E-state index is 11.7. The molecule has 1 unspecified atom stereocenters. The Balaban J connectivity index is 2.40. The Labute approximate surface area is 115 Å². The normalized spacial score (nSPS) is 18.5. The third kappa shape index (κ3) is 2.52. The number of halogens is 1. The van der Waals surface area contributed by atoms with Crippen LogP contribution >= 0.6 is 15.9 Å². The van der Waals surface area contributed by atoms with E-state index in [4.69, 9.17) is 4.74 Å². The van der Waals surface area contributed by atoms with Crippen LogP contribution in [-0.2, 0) is 4.79 Å². The molecule has 0 aromatic heterocycles. The van der Waals surface area contributed by atoms with E-state index in [-0.39, 0.29) is 17.6 Å². The lowest BCUT2D eigenvalue weighted by molar-refractivity contribution is -0.117. The minimum Gasteiger partial charge on any atom is -0.487 e. The van der Waals surface area contributed by atoms with Crippen molar-refractivity contribution >= 4 is 27.5 Å². The number of carbonyl (C=O) groups is 1. The zero-order valence-corrected chi connectivity index (χ0v) is 12.5. The van der Waals surface area contributed by atoms with Gasteiger partial charge in [0.25, 0.3) is 0 Å². The van der Waals surface area contributed by atoms with Crippen LogP contribution in [0, 0.1) is 0 Å². The summed E-state index contributed by atoms with van der Waals surface area (Å²) in [7, 11) is 1.77. The van der Waals surface area contributed by atoms with Gasteiger partial charge in [-0.1, -0.05) is 0 Å². The molecule has 0 spiro atoms. The van der Waals surface area contributed by atoms with Crippen LogP contribution in [0.1, 0.15) is 32.4 Å². The van der Waals surface area contributed by atoms with Crippen LogP contribution in [0.2, 0.25) is 0 Å². The molecule has 0 saturated carbocycles. The molecule has 1 aliphatic heterocycles. The van der Waals surface area contributed by atoms with Gasteiger partial charge in [0.1, 0.15) is 17.4 Å². The zero-order valence-electron chi connectivity index (χ0n) is 10.9. The first-order chi connectivity index (χ1) is 8.31. The molecular weight excluding hydrogens is 296 g/mol. The van der Waals surface area contributed by atoms with Gasteiger partial charge in [0.05, 0.1) is 4.47 Å². The zero-order chi connectivity index (χ0) is 13.5. The highest BCUT2D eigenvalue weighted by atomic mass is 79.9. The number of nitrogens with one attached hydrogen (secondary N) is 2. The van der Waals surface area contributed by atoms with Gasteiger partial charge in [-0.3, -0.25) is 4.79 Å². The number of ether oxygens (including phenoxy) is 1. The highest BCUT2D eigenvalue weighted by Crippen LogP contribution is 2.39. The minimum absolute atomic E-state index is 0.0349. The summed E-state index contributed by atoms with van der Waals surface area (Å²) in [5, 5.41) is 5.84. The van der Waals surface area contributed by atoms with Crippen molar-refractivity contribution in [3.63, 3.8) is 0 Å². The summed E-state index contributed by atoms with van der Waals surface area (Å²) in [4.78, 5) is 11.7. The van der Waals surface area contributed by atoms with E-state index in [1.165, 1.54) is 0 Å². The minimum atomic E-state index is -0.292. The second-order valence-electron chi connectivity index (χ2n) is 5.30. The number of fused-ring (bicyclic) bond motifs is 1. The molecule has 1 aromatic rings. The lowest BCUT2D eigenvalue weighted by Crippen LogP contribution is -2.23. The van der Waals surface area contributed by atoms with Gasteiger partial charge in [-0.15, -0.1) is 0 Å². The molecular formula is C13H17BrN2O2. The maximum Gasteiger partial charge on any atom is 0.246 e. The molecule has 1 aliphatic rings. The van der Waals surface area contributed by atoms with Gasteiger partial charge in [-0.25, -0.2) is 0 Å². The Morgan fingerprint density at radius 1 is 1.39 bits per heavy atom. The Hall–Kier alpha value is -1.07. The number of carbonyl (C=O) groups excluding carboxylic acids is 1. The number of likely N-dealkylation sites (N-methyl/N-ethyl adjacent to an activating group) is 1. The van der Waals surface area contributed by atoms with Gasteiger partial charge in [0, 0.05) is 17.3 Å². The summed E-state index contributed by atoms with van der Waals surface area (Å²) in [6.45, 7) is 5.96. The summed E-state index contributed by atoms with van der Waals surface area (Å²) >= 11 is 3.49. The average molecular weight is 313 g/mol. The highest BCUT2D eigenvalue weighted by molar-refractivity contribution is 9.10. The van der Waals surface area contributed by atoms with Crippen molar-refractivity contribution in [3.05, 3.63) is 22.2 Å². The number of anilines is 1. The Morgan fingerprint density at radius 2 is 2.06 bits per heavy atom. The molecule has 0 bridgehead atoms. The van der Waals surface area contributed by atoms with Gasteiger partial charge in [-0.2, -0.15) is 0 Å². The van der Waals surface area contributed by atoms with Crippen molar-refractivity contribution in [2.75, 3.05) is 12.4 Å². The Morgan fingerprint density at radius 3 is 2.61 bits per heavy atom. The van der Waals surface area contributed by atoms with Crippen LogP contribution in [0.25, 0.3) is 0 Å². The molecule has 1 amide bonds. The van der Waals surface area contributed by atoms with E-state index in [1.807, 2.05) is 32.9 Å². The van der Waals surface area contributed by atoms with Gasteiger partial charge in [0.15, 0.2) is 0 Å². The smallest absolute Gasteiger partial charge is 0.246 e. The molecule has 0 fully saturated rings. The number of rotatable bonds is 2. The fraction of sp³-hybridized carbons (Fsp3) is 0.462. The van der Waals surface area contributed by atoms with Crippen molar-refractivity contribution in [2.45, 2.75) is 32.4 Å². The van der Waals surface area contributed by atoms with Crippen molar-refractivity contribution in [2.24, 2.45) is 0 Å². The summed E-state index contributed by atoms with van der Waals surface area (Å²) in [5.41, 5.74) is 1.47. The van der Waals surface area contributed by atoms with Gasteiger partial charge in [0.2, 0.25) is 5.91 Å². The van der Waals surface area contributed by atoms with Crippen LogP contribution in [0.5, 0.6) is 5.75 Å². The molecule has 1 atom stereocenters. The first-order valence-corrected chi connectivity index (χ1v) is 6.62. The van der Waals surface area contributed by atoms with Gasteiger partial charge >= 0.3 is 0 Å². The fourth-order valence-corrected chi connectivity index (χ4v) is 2.40. The molecule has 0 aliphatic carbocycles. The van der Waals surface area contributed by atoms with Crippen molar-refractivity contribution in [1.82, 2.24) is 5.32 Å². The molecule has 4 nitrogen and oxygen atoms in total. The summed E-state index contributed by atoms with van der Waals surface area (Å²) in [5.74, 6) is 0.700. The van der Waals surface area contributed by atoms with E-state index >= 15 is 0 Å². The lowest BCUT2D eigenvalue weighted by Gasteiger charge is -2.22. The van der Waals surface area contributed by atoms with E-state index in [2.05, 4.69) is 26.6 Å². The van der Waals surface area contributed by atoms with Crippen molar-refractivity contribution in [1.29, 1.82) is 0 Å². The Kier molecular flexibility index (Phi) is 3.38. The lowest BCUT2D eigenvalue weighted by atomic mass is 10.1. The molecule has 98 valence electrons. The van der Waals surface area contributed by atoms with E-state index < -0.39 is 0 Å². The summed E-state index contributed by atoms with van der Waals surface area (Å²) < 4.78 is 6.70. The quantitative estimate of drug-likeness (QED) is 0.883. The molecule has 0 radical (unpaired) electrons. The third-order valence-electron chi connectivity index (χ3n) is 2.64. The predicted molar refractivity (Wildman–Crippen MR) is 75.0 cm³/mol. The maximum atomic E-state index is 11.7.